The maximum atomic E-state index is 13.6. The highest BCUT2D eigenvalue weighted by Crippen LogP contribution is 2.23. The first-order chi connectivity index (χ1) is 13.3. The minimum absolute atomic E-state index is 0.0174. The van der Waals surface area contributed by atoms with E-state index in [-0.39, 0.29) is 11.7 Å². The number of rotatable bonds is 4. The second-order valence-electron chi connectivity index (χ2n) is 6.85. The fraction of sp³-hybridized carbons (Fsp3) is 0.300. The predicted molar refractivity (Wildman–Crippen MR) is 100.0 cm³/mol. The molecule has 1 aliphatic rings. The van der Waals surface area contributed by atoms with Crippen molar-refractivity contribution >= 4 is 23.2 Å². The summed E-state index contributed by atoms with van der Waals surface area (Å²) >= 11 is 0. The topological polar surface area (TPSA) is 61.4 Å². The molecule has 2 aromatic carbocycles. The Balaban J connectivity index is 1.66. The van der Waals surface area contributed by atoms with Gasteiger partial charge in [-0.1, -0.05) is 12.1 Å². The van der Waals surface area contributed by atoms with Crippen molar-refractivity contribution in [1.29, 1.82) is 0 Å². The number of ketones is 1. The van der Waals surface area contributed by atoms with Crippen LogP contribution in [0.2, 0.25) is 0 Å². The SMILES string of the molecule is CN1CCC(C(=O)c2cccc(NC(=O)Nc3cc(F)c(F)cc3F)c2)CC1. The van der Waals surface area contributed by atoms with E-state index in [9.17, 15) is 22.8 Å². The third kappa shape index (κ3) is 4.69. The summed E-state index contributed by atoms with van der Waals surface area (Å²) in [6.07, 6.45) is 1.56. The Morgan fingerprint density at radius 3 is 2.36 bits per heavy atom. The van der Waals surface area contributed by atoms with Gasteiger partial charge in [0.15, 0.2) is 17.4 Å². The van der Waals surface area contributed by atoms with Gasteiger partial charge in [0, 0.05) is 29.3 Å². The Morgan fingerprint density at radius 1 is 0.964 bits per heavy atom. The van der Waals surface area contributed by atoms with E-state index in [0.717, 1.165) is 25.9 Å². The van der Waals surface area contributed by atoms with Crippen molar-refractivity contribution in [3.8, 4) is 0 Å². The van der Waals surface area contributed by atoms with Crippen LogP contribution in [0.25, 0.3) is 0 Å². The van der Waals surface area contributed by atoms with Gasteiger partial charge in [-0.15, -0.1) is 0 Å². The van der Waals surface area contributed by atoms with Gasteiger partial charge in [-0.2, -0.15) is 0 Å². The highest BCUT2D eigenvalue weighted by atomic mass is 19.2. The number of nitrogens with zero attached hydrogens (tertiary/aromatic N) is 1. The molecule has 0 atom stereocenters. The molecular formula is C20H20F3N3O2. The number of piperidine rings is 1. The number of hydrogen-bond donors (Lipinski definition) is 2. The van der Waals surface area contributed by atoms with Crippen LogP contribution in [0.5, 0.6) is 0 Å². The van der Waals surface area contributed by atoms with Gasteiger partial charge in [0.05, 0.1) is 5.69 Å². The monoisotopic (exact) mass is 391 g/mol. The summed E-state index contributed by atoms with van der Waals surface area (Å²) in [7, 11) is 2.01. The molecule has 5 nitrogen and oxygen atoms in total. The van der Waals surface area contributed by atoms with Crippen LogP contribution in [0.15, 0.2) is 36.4 Å². The highest BCUT2D eigenvalue weighted by Gasteiger charge is 2.24. The number of hydrogen-bond acceptors (Lipinski definition) is 3. The van der Waals surface area contributed by atoms with Crippen LogP contribution in [0, 0.1) is 23.4 Å². The van der Waals surface area contributed by atoms with E-state index in [1.165, 1.54) is 0 Å². The Kier molecular flexibility index (Phi) is 5.99. The molecule has 1 fully saturated rings. The number of carbonyl (C=O) groups excluding carboxylic acids is 2. The second kappa shape index (κ2) is 8.43. The van der Waals surface area contributed by atoms with Gasteiger partial charge in [-0.3, -0.25) is 4.79 Å². The summed E-state index contributed by atoms with van der Waals surface area (Å²) in [5, 5.41) is 4.59. The summed E-state index contributed by atoms with van der Waals surface area (Å²) in [6, 6.07) is 6.51. The molecule has 0 spiro atoms. The molecule has 0 saturated carbocycles. The molecule has 0 aromatic heterocycles. The van der Waals surface area contributed by atoms with Crippen LogP contribution in [-0.2, 0) is 0 Å². The molecule has 0 aliphatic carbocycles. The number of benzene rings is 2. The van der Waals surface area contributed by atoms with E-state index >= 15 is 0 Å². The Morgan fingerprint density at radius 2 is 1.64 bits per heavy atom. The lowest BCUT2D eigenvalue weighted by molar-refractivity contribution is 0.0857. The van der Waals surface area contributed by atoms with Crippen LogP contribution >= 0.6 is 0 Å². The number of urea groups is 1. The summed E-state index contributed by atoms with van der Waals surface area (Å²) < 4.78 is 39.8. The van der Waals surface area contributed by atoms with E-state index in [1.54, 1.807) is 24.3 Å². The second-order valence-corrected chi connectivity index (χ2v) is 6.85. The molecular weight excluding hydrogens is 371 g/mol. The molecule has 3 rings (SSSR count). The minimum Gasteiger partial charge on any atom is -0.308 e. The van der Waals surface area contributed by atoms with Crippen molar-refractivity contribution in [2.24, 2.45) is 5.92 Å². The molecule has 8 heteroatoms. The summed E-state index contributed by atoms with van der Waals surface area (Å²) in [6.45, 7) is 1.72. The summed E-state index contributed by atoms with van der Waals surface area (Å²) in [4.78, 5) is 26.9. The van der Waals surface area contributed by atoms with Crippen molar-refractivity contribution in [3.05, 3.63) is 59.4 Å². The first kappa shape index (κ1) is 19.9. The largest absolute Gasteiger partial charge is 0.323 e. The first-order valence-electron chi connectivity index (χ1n) is 8.89. The van der Waals surface area contributed by atoms with E-state index in [2.05, 4.69) is 15.5 Å². The Bertz CT molecular complexity index is 896. The van der Waals surface area contributed by atoms with Gasteiger partial charge in [0.2, 0.25) is 0 Å². The van der Waals surface area contributed by atoms with E-state index in [0.29, 0.717) is 23.4 Å². The average molecular weight is 391 g/mol. The molecule has 0 bridgehead atoms. The maximum absolute atomic E-state index is 13.6. The summed E-state index contributed by atoms with van der Waals surface area (Å²) in [5.41, 5.74) is 0.320. The fourth-order valence-electron chi connectivity index (χ4n) is 3.16. The van der Waals surface area contributed by atoms with Crippen molar-refractivity contribution in [2.75, 3.05) is 30.8 Å². The van der Waals surface area contributed by atoms with Gasteiger partial charge in [0.1, 0.15) is 5.82 Å². The normalized spacial score (nSPS) is 15.3. The molecule has 0 unspecified atom stereocenters. The van der Waals surface area contributed by atoms with Crippen molar-refractivity contribution < 1.29 is 22.8 Å². The van der Waals surface area contributed by atoms with E-state index in [4.69, 9.17) is 0 Å². The zero-order chi connectivity index (χ0) is 20.3. The number of anilines is 2. The first-order valence-corrected chi connectivity index (χ1v) is 8.89. The number of likely N-dealkylation sites (tertiary alicyclic amines) is 1. The molecule has 1 heterocycles. The van der Waals surface area contributed by atoms with Gasteiger partial charge < -0.3 is 15.5 Å². The highest BCUT2D eigenvalue weighted by molar-refractivity contribution is 6.02. The smallest absolute Gasteiger partial charge is 0.308 e. The van der Waals surface area contributed by atoms with Crippen LogP contribution in [0.4, 0.5) is 29.3 Å². The number of amides is 2. The van der Waals surface area contributed by atoms with Crippen LogP contribution < -0.4 is 10.6 Å². The van der Waals surface area contributed by atoms with Gasteiger partial charge in [-0.25, -0.2) is 18.0 Å². The van der Waals surface area contributed by atoms with Crippen LogP contribution in [0.3, 0.4) is 0 Å². The Hall–Kier alpha value is -2.87. The number of carbonyl (C=O) groups is 2. The zero-order valence-corrected chi connectivity index (χ0v) is 15.3. The molecule has 1 aliphatic heterocycles. The quantitative estimate of drug-likeness (QED) is 0.604. The number of halogens is 3. The standard InChI is InChI=1S/C20H20F3N3O2/c1-26-7-5-12(6-8-26)19(27)13-3-2-4-14(9-13)24-20(28)25-18-11-16(22)15(21)10-17(18)23/h2-4,9-12H,5-8H2,1H3,(H2,24,25,28). The molecule has 0 radical (unpaired) electrons. The molecule has 2 aromatic rings. The lowest BCUT2D eigenvalue weighted by atomic mass is 9.89. The van der Waals surface area contributed by atoms with Crippen LogP contribution in [0.1, 0.15) is 23.2 Å². The Labute approximate surface area is 160 Å². The molecule has 2 N–H and O–H groups in total. The summed E-state index contributed by atoms with van der Waals surface area (Å²) in [5.74, 6) is -3.76. The lowest BCUT2D eigenvalue weighted by Gasteiger charge is -2.28. The van der Waals surface area contributed by atoms with Crippen molar-refractivity contribution in [2.45, 2.75) is 12.8 Å². The van der Waals surface area contributed by atoms with Crippen molar-refractivity contribution in [3.63, 3.8) is 0 Å². The zero-order valence-electron chi connectivity index (χ0n) is 15.3. The van der Waals surface area contributed by atoms with Gasteiger partial charge in [0.25, 0.3) is 0 Å². The lowest BCUT2D eigenvalue weighted by Crippen LogP contribution is -2.33. The van der Waals surface area contributed by atoms with Gasteiger partial charge >= 0.3 is 6.03 Å². The predicted octanol–water partition coefficient (Wildman–Crippen LogP) is 4.27. The van der Waals surface area contributed by atoms with Gasteiger partial charge in [-0.05, 0) is 45.1 Å². The average Bonchev–Trinajstić information content (AvgIpc) is 2.66. The third-order valence-corrected chi connectivity index (χ3v) is 4.75. The van der Waals surface area contributed by atoms with Crippen LogP contribution in [-0.4, -0.2) is 36.9 Å². The maximum Gasteiger partial charge on any atom is 0.323 e. The van der Waals surface area contributed by atoms with Crippen molar-refractivity contribution in [1.82, 2.24) is 4.90 Å². The molecule has 2 amide bonds. The molecule has 148 valence electrons. The van der Waals surface area contributed by atoms with E-state index < -0.39 is 29.2 Å². The molecule has 1 saturated heterocycles. The fourth-order valence-corrected chi connectivity index (χ4v) is 3.16. The van der Waals surface area contributed by atoms with E-state index in [1.807, 2.05) is 7.05 Å². The number of Topliss-reactive ketones (excluding diaryl/α,β-unsaturated/α-hetero) is 1. The number of nitrogens with one attached hydrogen (secondary N) is 2. The molecule has 28 heavy (non-hydrogen) atoms. The minimum atomic E-state index is -1.34. The third-order valence-electron chi connectivity index (χ3n) is 4.75.